The lowest BCUT2D eigenvalue weighted by atomic mass is 9.92. The molecule has 0 aromatic heterocycles. The summed E-state index contributed by atoms with van der Waals surface area (Å²) in [6.45, 7) is 1.09. The van der Waals surface area contributed by atoms with Crippen molar-refractivity contribution < 1.29 is 9.59 Å². The fraction of sp³-hybridized carbons (Fsp3) is 0.344. The van der Waals surface area contributed by atoms with Crippen LogP contribution in [0.3, 0.4) is 0 Å². The predicted octanol–water partition coefficient (Wildman–Crippen LogP) is 4.96. The monoisotopic (exact) mass is 555 g/mol. The van der Waals surface area contributed by atoms with Gasteiger partial charge in [-0.15, -0.1) is 0 Å². The van der Waals surface area contributed by atoms with E-state index in [-0.39, 0.29) is 24.4 Å². The van der Waals surface area contributed by atoms with Gasteiger partial charge in [0.25, 0.3) is 0 Å². The SMILES string of the molecule is CN(C)c1ccc(NC(=O)C2(N(Cc3ccccc3)C(=O)CN3C[C@H](c4ccccc4)NC3=S)CCCC2)cc1. The molecule has 1 heterocycles. The number of nitrogens with one attached hydrogen (secondary N) is 2. The Morgan fingerprint density at radius 1 is 0.950 bits per heavy atom. The highest BCUT2D eigenvalue weighted by Crippen LogP contribution is 2.38. The second kappa shape index (κ2) is 12.1. The van der Waals surface area contributed by atoms with Crippen molar-refractivity contribution in [1.82, 2.24) is 15.1 Å². The van der Waals surface area contributed by atoms with Crippen molar-refractivity contribution in [3.05, 3.63) is 96.1 Å². The van der Waals surface area contributed by atoms with Crippen LogP contribution in [-0.4, -0.2) is 59.5 Å². The maximum Gasteiger partial charge on any atom is 0.250 e. The Morgan fingerprint density at radius 3 is 2.20 bits per heavy atom. The maximum absolute atomic E-state index is 14.2. The number of benzene rings is 3. The Kier molecular flexibility index (Phi) is 8.35. The molecule has 7 nitrogen and oxygen atoms in total. The predicted molar refractivity (Wildman–Crippen MR) is 164 cm³/mol. The van der Waals surface area contributed by atoms with E-state index >= 15 is 0 Å². The molecule has 0 unspecified atom stereocenters. The van der Waals surface area contributed by atoms with E-state index in [2.05, 4.69) is 22.8 Å². The molecule has 5 rings (SSSR count). The molecule has 1 saturated heterocycles. The highest BCUT2D eigenvalue weighted by atomic mass is 32.1. The lowest BCUT2D eigenvalue weighted by Gasteiger charge is -2.41. The highest BCUT2D eigenvalue weighted by Gasteiger charge is 2.48. The fourth-order valence-electron chi connectivity index (χ4n) is 5.76. The number of nitrogens with zero attached hydrogens (tertiary/aromatic N) is 3. The molecule has 3 aromatic rings. The third-order valence-corrected chi connectivity index (χ3v) is 8.39. The standard InChI is InChI=1S/C32H37N5O2S/c1-35(2)27-17-15-26(16-18-27)33-30(39)32(19-9-10-20-32)37(21-24-11-5-3-6-12-24)29(38)23-36-22-28(34-31(36)40)25-13-7-4-8-14-25/h3-8,11-18,28H,9-10,19-23H2,1-2H3,(H,33,39)(H,34,40)/t28-/m1/s1. The largest absolute Gasteiger partial charge is 0.378 e. The van der Waals surface area contributed by atoms with Crippen molar-refractivity contribution in [1.29, 1.82) is 0 Å². The van der Waals surface area contributed by atoms with Crippen molar-refractivity contribution in [2.24, 2.45) is 0 Å². The third kappa shape index (κ3) is 5.97. The van der Waals surface area contributed by atoms with Gasteiger partial charge in [0.2, 0.25) is 11.8 Å². The van der Waals surface area contributed by atoms with E-state index in [4.69, 9.17) is 12.2 Å². The average Bonchev–Trinajstić information content (AvgIpc) is 3.61. The van der Waals surface area contributed by atoms with Crippen LogP contribution in [0.2, 0.25) is 0 Å². The van der Waals surface area contributed by atoms with Gasteiger partial charge < -0.3 is 25.3 Å². The lowest BCUT2D eigenvalue weighted by molar-refractivity contribution is -0.146. The number of hydrogen-bond donors (Lipinski definition) is 2. The van der Waals surface area contributed by atoms with Crippen LogP contribution in [0.4, 0.5) is 11.4 Å². The molecular formula is C32H37N5O2S. The Morgan fingerprint density at radius 2 is 1.57 bits per heavy atom. The molecular weight excluding hydrogens is 518 g/mol. The van der Waals surface area contributed by atoms with Crippen LogP contribution in [0.15, 0.2) is 84.9 Å². The molecule has 2 fully saturated rings. The molecule has 1 aliphatic heterocycles. The zero-order valence-electron chi connectivity index (χ0n) is 23.2. The zero-order valence-corrected chi connectivity index (χ0v) is 24.0. The first-order valence-electron chi connectivity index (χ1n) is 13.9. The molecule has 1 atom stereocenters. The molecule has 0 radical (unpaired) electrons. The van der Waals surface area contributed by atoms with Gasteiger partial charge in [-0.05, 0) is 60.5 Å². The quantitative estimate of drug-likeness (QED) is 0.364. The first kappa shape index (κ1) is 27.6. The molecule has 40 heavy (non-hydrogen) atoms. The van der Waals surface area contributed by atoms with Gasteiger partial charge >= 0.3 is 0 Å². The summed E-state index contributed by atoms with van der Waals surface area (Å²) in [6, 6.07) is 27.9. The number of thiocarbonyl (C=S) groups is 1. The first-order chi connectivity index (χ1) is 19.4. The zero-order chi connectivity index (χ0) is 28.1. The summed E-state index contributed by atoms with van der Waals surface area (Å²) in [5.74, 6) is -0.224. The van der Waals surface area contributed by atoms with Gasteiger partial charge in [0.15, 0.2) is 5.11 Å². The topological polar surface area (TPSA) is 67.9 Å². The fourth-order valence-corrected chi connectivity index (χ4v) is 6.04. The smallest absolute Gasteiger partial charge is 0.250 e. The molecule has 0 bridgehead atoms. The van der Waals surface area contributed by atoms with Crippen molar-refractivity contribution in [3.63, 3.8) is 0 Å². The Bertz CT molecular complexity index is 1320. The highest BCUT2D eigenvalue weighted by molar-refractivity contribution is 7.80. The van der Waals surface area contributed by atoms with Gasteiger partial charge in [0, 0.05) is 38.6 Å². The van der Waals surface area contributed by atoms with Gasteiger partial charge in [-0.25, -0.2) is 0 Å². The van der Waals surface area contributed by atoms with Crippen LogP contribution < -0.4 is 15.5 Å². The van der Waals surface area contributed by atoms with Crippen molar-refractivity contribution >= 4 is 40.5 Å². The molecule has 2 amide bonds. The van der Waals surface area contributed by atoms with Gasteiger partial charge in [-0.3, -0.25) is 9.59 Å². The molecule has 208 valence electrons. The normalized spacial score (nSPS) is 17.8. The average molecular weight is 556 g/mol. The van der Waals surface area contributed by atoms with Gasteiger partial charge in [0.05, 0.1) is 12.6 Å². The van der Waals surface area contributed by atoms with Crippen molar-refractivity contribution in [2.45, 2.75) is 43.8 Å². The summed E-state index contributed by atoms with van der Waals surface area (Å²) in [6.07, 6.45) is 3.04. The molecule has 2 N–H and O–H groups in total. The van der Waals surface area contributed by atoms with Crippen LogP contribution in [0.5, 0.6) is 0 Å². The number of carbonyl (C=O) groups is 2. The Balaban J connectivity index is 1.39. The summed E-state index contributed by atoms with van der Waals surface area (Å²) in [4.78, 5) is 34.0. The second-order valence-corrected chi connectivity index (χ2v) is 11.3. The van der Waals surface area contributed by atoms with E-state index in [1.54, 1.807) is 0 Å². The van der Waals surface area contributed by atoms with Gasteiger partial charge in [0.1, 0.15) is 5.54 Å². The summed E-state index contributed by atoms with van der Waals surface area (Å²) < 4.78 is 0. The van der Waals surface area contributed by atoms with Crippen LogP contribution in [0, 0.1) is 0 Å². The molecule has 1 saturated carbocycles. The summed E-state index contributed by atoms with van der Waals surface area (Å²) in [5, 5.41) is 7.07. The minimum absolute atomic E-state index is 0.0259. The number of rotatable bonds is 9. The van der Waals surface area contributed by atoms with Crippen LogP contribution in [0.25, 0.3) is 0 Å². The van der Waals surface area contributed by atoms with E-state index in [1.165, 1.54) is 0 Å². The molecule has 2 aliphatic rings. The van der Waals surface area contributed by atoms with E-state index in [9.17, 15) is 9.59 Å². The maximum atomic E-state index is 14.2. The van der Waals surface area contributed by atoms with Crippen LogP contribution >= 0.6 is 12.2 Å². The minimum Gasteiger partial charge on any atom is -0.378 e. The summed E-state index contributed by atoms with van der Waals surface area (Å²) in [5.41, 5.74) is 2.98. The first-order valence-corrected chi connectivity index (χ1v) is 14.3. The Labute approximate surface area is 242 Å². The van der Waals surface area contributed by atoms with E-state index in [0.29, 0.717) is 31.0 Å². The number of anilines is 2. The van der Waals surface area contributed by atoms with Crippen LogP contribution in [-0.2, 0) is 16.1 Å². The van der Waals surface area contributed by atoms with E-state index in [0.717, 1.165) is 35.3 Å². The minimum atomic E-state index is -0.930. The van der Waals surface area contributed by atoms with Crippen LogP contribution in [0.1, 0.15) is 42.9 Å². The molecule has 8 heteroatoms. The van der Waals surface area contributed by atoms with Gasteiger partial charge in [-0.1, -0.05) is 73.5 Å². The lowest BCUT2D eigenvalue weighted by Crippen LogP contribution is -2.59. The molecule has 1 aliphatic carbocycles. The number of hydrogen-bond acceptors (Lipinski definition) is 4. The van der Waals surface area contributed by atoms with E-state index < -0.39 is 5.54 Å². The number of carbonyl (C=O) groups excluding carboxylic acids is 2. The van der Waals surface area contributed by atoms with Crippen molar-refractivity contribution in [2.75, 3.05) is 37.4 Å². The summed E-state index contributed by atoms with van der Waals surface area (Å²) >= 11 is 5.64. The second-order valence-electron chi connectivity index (χ2n) is 10.9. The Hall–Kier alpha value is -3.91. The third-order valence-electron chi connectivity index (χ3n) is 8.01. The summed E-state index contributed by atoms with van der Waals surface area (Å²) in [7, 11) is 3.97. The number of amides is 2. The molecule has 3 aromatic carbocycles. The van der Waals surface area contributed by atoms with Gasteiger partial charge in [-0.2, -0.15) is 0 Å². The van der Waals surface area contributed by atoms with E-state index in [1.807, 2.05) is 102 Å². The van der Waals surface area contributed by atoms with Crippen molar-refractivity contribution in [3.8, 4) is 0 Å². The molecule has 0 spiro atoms.